The third-order valence-corrected chi connectivity index (χ3v) is 8.52. The Hall–Kier alpha value is -5.23. The van der Waals surface area contributed by atoms with Crippen LogP contribution in [0.3, 0.4) is 0 Å². The predicted octanol–water partition coefficient (Wildman–Crippen LogP) is 5.12. The number of halogens is 1. The Labute approximate surface area is 271 Å². The van der Waals surface area contributed by atoms with Crippen molar-refractivity contribution in [2.24, 2.45) is 5.41 Å². The summed E-state index contributed by atoms with van der Waals surface area (Å²) in [6.45, 7) is 1.84. The molecule has 11 nitrogen and oxygen atoms in total. The van der Waals surface area contributed by atoms with E-state index in [0.717, 1.165) is 32.0 Å². The van der Waals surface area contributed by atoms with E-state index in [0.29, 0.717) is 53.2 Å². The molecule has 6 rings (SSSR count). The Morgan fingerprint density at radius 1 is 0.894 bits per heavy atom. The Morgan fingerprint density at radius 3 is 2.28 bits per heavy atom. The van der Waals surface area contributed by atoms with Gasteiger partial charge in [-0.15, -0.1) is 0 Å². The molecular formula is C35H36FN5O6. The van der Waals surface area contributed by atoms with Crippen molar-refractivity contribution in [3.8, 4) is 23.0 Å². The average molecular weight is 642 g/mol. The summed E-state index contributed by atoms with van der Waals surface area (Å²) in [5, 5.41) is 8.71. The van der Waals surface area contributed by atoms with Crippen LogP contribution in [0.15, 0.2) is 72.9 Å². The van der Waals surface area contributed by atoms with E-state index in [-0.39, 0.29) is 23.4 Å². The molecule has 3 N–H and O–H groups in total. The molecule has 2 aliphatic rings. The lowest BCUT2D eigenvalue weighted by atomic mass is 10.0. The number of carbonyl (C=O) groups is 3. The molecule has 244 valence electrons. The van der Waals surface area contributed by atoms with Crippen LogP contribution in [0, 0.1) is 11.2 Å². The van der Waals surface area contributed by atoms with Gasteiger partial charge in [0.1, 0.15) is 17.3 Å². The zero-order valence-corrected chi connectivity index (χ0v) is 26.2. The van der Waals surface area contributed by atoms with Gasteiger partial charge in [-0.2, -0.15) is 0 Å². The molecule has 2 heterocycles. The van der Waals surface area contributed by atoms with Crippen LogP contribution in [0.5, 0.6) is 23.0 Å². The van der Waals surface area contributed by atoms with E-state index >= 15 is 4.39 Å². The summed E-state index contributed by atoms with van der Waals surface area (Å²) >= 11 is 0. The topological polar surface area (TPSA) is 131 Å². The van der Waals surface area contributed by atoms with Crippen molar-refractivity contribution in [2.45, 2.75) is 31.8 Å². The number of para-hydroxylation sites is 1. The molecule has 3 aromatic carbocycles. The SMILES string of the molecule is CNC(=O)CN1CCC(Oc2cc3nccc(Oc4ccc(NC(=O)C5(C(=O)Nc6ccccc6)CC5)cc4F)c3cc2OC)CC1. The first-order valence-corrected chi connectivity index (χ1v) is 15.5. The fourth-order valence-corrected chi connectivity index (χ4v) is 5.60. The molecule has 4 aromatic rings. The van der Waals surface area contributed by atoms with E-state index in [1.807, 2.05) is 6.07 Å². The summed E-state index contributed by atoms with van der Waals surface area (Å²) in [4.78, 5) is 44.2. The molecular weight excluding hydrogens is 605 g/mol. The lowest BCUT2D eigenvalue weighted by Crippen LogP contribution is -2.43. The number of nitrogens with zero attached hydrogens (tertiary/aromatic N) is 2. The van der Waals surface area contributed by atoms with E-state index in [1.54, 1.807) is 62.8 Å². The highest BCUT2D eigenvalue weighted by molar-refractivity contribution is 6.16. The van der Waals surface area contributed by atoms with Gasteiger partial charge in [0.05, 0.1) is 19.2 Å². The van der Waals surface area contributed by atoms with E-state index < -0.39 is 23.0 Å². The van der Waals surface area contributed by atoms with Gasteiger partial charge in [-0.1, -0.05) is 18.2 Å². The number of likely N-dealkylation sites (N-methyl/N-ethyl adjacent to an activating group) is 1. The first kappa shape index (κ1) is 31.7. The van der Waals surface area contributed by atoms with Gasteiger partial charge in [0.15, 0.2) is 23.1 Å². The van der Waals surface area contributed by atoms with Crippen molar-refractivity contribution in [3.05, 3.63) is 78.7 Å². The summed E-state index contributed by atoms with van der Waals surface area (Å²) in [6.07, 6.45) is 3.84. The zero-order chi connectivity index (χ0) is 33.0. The van der Waals surface area contributed by atoms with E-state index in [1.165, 1.54) is 12.1 Å². The summed E-state index contributed by atoms with van der Waals surface area (Å²) < 4.78 is 33.2. The second-order valence-electron chi connectivity index (χ2n) is 11.7. The zero-order valence-electron chi connectivity index (χ0n) is 26.2. The van der Waals surface area contributed by atoms with Gasteiger partial charge in [-0.3, -0.25) is 24.3 Å². The Morgan fingerprint density at radius 2 is 1.62 bits per heavy atom. The maximum atomic E-state index is 15.3. The number of pyridine rings is 1. The van der Waals surface area contributed by atoms with Gasteiger partial charge in [0.2, 0.25) is 17.7 Å². The summed E-state index contributed by atoms with van der Waals surface area (Å²) in [6, 6.07) is 18.2. The minimum atomic E-state index is -1.19. The molecule has 1 saturated carbocycles. The second-order valence-corrected chi connectivity index (χ2v) is 11.7. The molecule has 1 aliphatic heterocycles. The fraction of sp³-hybridized carbons (Fsp3) is 0.314. The van der Waals surface area contributed by atoms with Crippen LogP contribution >= 0.6 is 0 Å². The van der Waals surface area contributed by atoms with Crippen molar-refractivity contribution in [1.82, 2.24) is 15.2 Å². The minimum absolute atomic E-state index is 0.0145. The maximum Gasteiger partial charge on any atom is 0.240 e. The molecule has 0 unspecified atom stereocenters. The number of amides is 3. The first-order valence-electron chi connectivity index (χ1n) is 15.5. The largest absolute Gasteiger partial charge is 0.493 e. The molecule has 0 atom stereocenters. The molecule has 2 fully saturated rings. The van der Waals surface area contributed by atoms with Crippen molar-refractivity contribution < 1.29 is 33.0 Å². The maximum absolute atomic E-state index is 15.3. The standard InChI is InChI=1S/C35H36FN5O6/c1-37-32(42)21-41-16-11-24(12-17-41)46-31-20-27-25(19-30(31)45-2)28(10-15-38-27)47-29-9-8-23(18-26(29)36)40-34(44)35(13-14-35)33(43)39-22-6-4-3-5-7-22/h3-10,15,18-20,24H,11-14,16-17,21H2,1-2H3,(H,37,42)(H,39,43)(H,40,44). The number of nitrogens with one attached hydrogen (secondary N) is 3. The summed E-state index contributed by atoms with van der Waals surface area (Å²) in [5.74, 6) is -0.273. The highest BCUT2D eigenvalue weighted by Gasteiger charge is 2.56. The normalized spacial score (nSPS) is 15.8. The number of aromatic nitrogens is 1. The number of likely N-dealkylation sites (tertiary alicyclic amines) is 1. The van der Waals surface area contributed by atoms with Crippen molar-refractivity contribution in [2.75, 3.05) is 44.4 Å². The van der Waals surface area contributed by atoms with Crippen molar-refractivity contribution >= 4 is 40.0 Å². The third kappa shape index (κ3) is 7.12. The van der Waals surface area contributed by atoms with Gasteiger partial charge in [0, 0.05) is 55.2 Å². The van der Waals surface area contributed by atoms with Crippen LogP contribution < -0.4 is 30.2 Å². The third-order valence-electron chi connectivity index (χ3n) is 8.52. The number of hydrogen-bond acceptors (Lipinski definition) is 8. The number of hydrogen-bond donors (Lipinski definition) is 3. The summed E-state index contributed by atoms with van der Waals surface area (Å²) in [7, 11) is 3.17. The molecule has 1 aliphatic carbocycles. The highest BCUT2D eigenvalue weighted by atomic mass is 19.1. The monoisotopic (exact) mass is 641 g/mol. The number of rotatable bonds is 11. The molecule has 0 radical (unpaired) electrons. The lowest BCUT2D eigenvalue weighted by molar-refractivity contribution is -0.131. The number of anilines is 2. The van der Waals surface area contributed by atoms with E-state index in [4.69, 9.17) is 14.2 Å². The molecule has 0 bridgehead atoms. The van der Waals surface area contributed by atoms with Crippen molar-refractivity contribution in [3.63, 3.8) is 0 Å². The molecule has 47 heavy (non-hydrogen) atoms. The Kier molecular flexibility index (Phi) is 9.21. The van der Waals surface area contributed by atoms with Gasteiger partial charge in [0.25, 0.3) is 0 Å². The molecule has 3 amide bonds. The Balaban J connectivity index is 1.12. The number of methoxy groups -OCH3 is 1. The lowest BCUT2D eigenvalue weighted by Gasteiger charge is -2.31. The van der Waals surface area contributed by atoms with Crippen molar-refractivity contribution in [1.29, 1.82) is 0 Å². The van der Waals surface area contributed by atoms with Crippen LogP contribution in [-0.2, 0) is 14.4 Å². The number of piperidine rings is 1. The van der Waals surface area contributed by atoms with Gasteiger partial charge < -0.3 is 30.2 Å². The van der Waals surface area contributed by atoms with Crippen LogP contribution in [0.2, 0.25) is 0 Å². The van der Waals surface area contributed by atoms with Crippen LogP contribution in [0.25, 0.3) is 10.9 Å². The van der Waals surface area contributed by atoms with E-state index in [9.17, 15) is 14.4 Å². The number of ether oxygens (including phenoxy) is 3. The molecule has 0 spiro atoms. The van der Waals surface area contributed by atoms with Gasteiger partial charge in [-0.25, -0.2) is 4.39 Å². The molecule has 1 aromatic heterocycles. The Bertz CT molecular complexity index is 1790. The summed E-state index contributed by atoms with van der Waals surface area (Å²) in [5.41, 5.74) is 0.193. The molecule has 1 saturated heterocycles. The highest BCUT2D eigenvalue weighted by Crippen LogP contribution is 2.47. The van der Waals surface area contributed by atoms with E-state index in [2.05, 4.69) is 25.8 Å². The van der Waals surface area contributed by atoms with Crippen LogP contribution in [-0.4, -0.2) is 67.5 Å². The quantitative estimate of drug-likeness (QED) is 0.193. The number of fused-ring (bicyclic) bond motifs is 1. The predicted molar refractivity (Wildman–Crippen MR) is 174 cm³/mol. The van der Waals surface area contributed by atoms with Crippen LogP contribution in [0.1, 0.15) is 25.7 Å². The number of carbonyl (C=O) groups excluding carboxylic acids is 3. The minimum Gasteiger partial charge on any atom is -0.493 e. The van der Waals surface area contributed by atoms with Gasteiger partial charge in [-0.05, 0) is 62.1 Å². The fourth-order valence-electron chi connectivity index (χ4n) is 5.60. The average Bonchev–Trinajstić information content (AvgIpc) is 3.90. The van der Waals surface area contributed by atoms with Gasteiger partial charge >= 0.3 is 0 Å². The second kappa shape index (κ2) is 13.6. The number of benzene rings is 3. The first-order chi connectivity index (χ1) is 22.8. The smallest absolute Gasteiger partial charge is 0.240 e. The van der Waals surface area contributed by atoms with Crippen LogP contribution in [0.4, 0.5) is 15.8 Å². The molecule has 12 heteroatoms.